The van der Waals surface area contributed by atoms with Gasteiger partial charge in [0, 0.05) is 4.43 Å². The molecule has 1 N–H and O–H groups in total. The van der Waals surface area contributed by atoms with Gasteiger partial charge in [0.2, 0.25) is 0 Å². The van der Waals surface area contributed by atoms with Crippen molar-refractivity contribution in [3.63, 3.8) is 0 Å². The second kappa shape index (κ2) is 5.02. The van der Waals surface area contributed by atoms with Crippen molar-refractivity contribution in [2.24, 2.45) is 5.92 Å². The highest BCUT2D eigenvalue weighted by Gasteiger charge is 2.12. The van der Waals surface area contributed by atoms with Gasteiger partial charge in [-0.25, -0.2) is 0 Å². The number of hydrogen-bond donors (Lipinski definition) is 1. The number of hydrogen-bond acceptors (Lipinski definition) is 1. The summed E-state index contributed by atoms with van der Waals surface area (Å²) in [5.41, 5.74) is 0. The summed E-state index contributed by atoms with van der Waals surface area (Å²) < 4.78 is 0.933. The molecule has 0 radical (unpaired) electrons. The van der Waals surface area contributed by atoms with Gasteiger partial charge in [0.25, 0.3) is 0 Å². The summed E-state index contributed by atoms with van der Waals surface area (Å²) in [6, 6.07) is 0. The molecule has 1 atom stereocenters. The van der Waals surface area contributed by atoms with Gasteiger partial charge in [0.15, 0.2) is 0 Å². The Balaban J connectivity index is 3.54. The molecule has 0 saturated carbocycles. The number of alkyl halides is 1. The quantitative estimate of drug-likeness (QED) is 0.604. The summed E-state index contributed by atoms with van der Waals surface area (Å²) in [4.78, 5) is 10.3. The zero-order valence-electron chi connectivity index (χ0n) is 5.43. The van der Waals surface area contributed by atoms with Crippen molar-refractivity contribution in [2.45, 2.75) is 19.8 Å². The Labute approximate surface area is 68.8 Å². The number of carboxylic acids is 1. The molecule has 9 heavy (non-hydrogen) atoms. The van der Waals surface area contributed by atoms with E-state index in [1.165, 1.54) is 0 Å². The molecule has 0 aliphatic carbocycles. The lowest BCUT2D eigenvalue weighted by molar-refractivity contribution is -0.141. The molecule has 1 unspecified atom stereocenters. The van der Waals surface area contributed by atoms with Gasteiger partial charge >= 0.3 is 5.97 Å². The second-order valence-corrected chi connectivity index (χ2v) is 3.00. The lowest BCUT2D eigenvalue weighted by Gasteiger charge is -2.04. The van der Waals surface area contributed by atoms with Crippen LogP contribution in [0.25, 0.3) is 0 Å². The van der Waals surface area contributed by atoms with Crippen LogP contribution in [0.1, 0.15) is 19.8 Å². The van der Waals surface area contributed by atoms with Crippen LogP contribution in [0.3, 0.4) is 0 Å². The van der Waals surface area contributed by atoms with Crippen molar-refractivity contribution in [3.05, 3.63) is 0 Å². The molecule has 0 aromatic carbocycles. The zero-order valence-corrected chi connectivity index (χ0v) is 7.59. The van der Waals surface area contributed by atoms with Crippen LogP contribution in [-0.2, 0) is 4.79 Å². The van der Waals surface area contributed by atoms with Crippen LogP contribution in [0.4, 0.5) is 0 Å². The van der Waals surface area contributed by atoms with Gasteiger partial charge in [-0.1, -0.05) is 29.5 Å². The molecule has 3 heteroatoms. The smallest absolute Gasteiger partial charge is 0.306 e. The van der Waals surface area contributed by atoms with E-state index in [9.17, 15) is 4.79 Å². The fourth-order valence-electron chi connectivity index (χ4n) is 0.634. The summed E-state index contributed by atoms with van der Waals surface area (Å²) in [7, 11) is 0. The third-order valence-electron chi connectivity index (χ3n) is 1.30. The molecule has 54 valence electrons. The molecular formula is C6H11IO2. The third-order valence-corrected chi connectivity index (χ3v) is 1.92. The molecular weight excluding hydrogens is 231 g/mol. The highest BCUT2D eigenvalue weighted by Crippen LogP contribution is 2.09. The first-order valence-electron chi connectivity index (χ1n) is 3.01. The van der Waals surface area contributed by atoms with Gasteiger partial charge in [-0.15, -0.1) is 0 Å². The molecule has 0 rings (SSSR count). The van der Waals surface area contributed by atoms with Gasteiger partial charge < -0.3 is 5.11 Å². The Morgan fingerprint density at radius 1 is 1.78 bits per heavy atom. The van der Waals surface area contributed by atoms with Gasteiger partial charge in [-0.3, -0.25) is 4.79 Å². The molecule has 0 aromatic heterocycles. The number of carboxylic acid groups (broad SMARTS) is 1. The van der Waals surface area contributed by atoms with Crippen molar-refractivity contribution < 1.29 is 9.90 Å². The second-order valence-electron chi connectivity index (χ2n) is 1.92. The van der Waals surface area contributed by atoms with E-state index < -0.39 is 5.97 Å². The summed E-state index contributed by atoms with van der Waals surface area (Å²) in [6.07, 6.45) is 1.55. The first-order valence-corrected chi connectivity index (χ1v) is 4.53. The molecule has 0 bridgehead atoms. The number of aliphatic carboxylic acids is 1. The summed E-state index contributed by atoms with van der Waals surface area (Å²) >= 11 is 2.20. The van der Waals surface area contributed by atoms with E-state index in [1.807, 2.05) is 6.92 Å². The summed E-state index contributed by atoms with van der Waals surface area (Å²) in [5.74, 6) is -0.781. The van der Waals surface area contributed by atoms with Crippen LogP contribution in [-0.4, -0.2) is 15.5 Å². The Bertz CT molecular complexity index is 93.1. The molecule has 0 spiro atoms. The van der Waals surface area contributed by atoms with E-state index in [1.54, 1.807) is 0 Å². The minimum Gasteiger partial charge on any atom is -0.481 e. The van der Waals surface area contributed by atoms with Crippen LogP contribution >= 0.6 is 22.6 Å². The summed E-state index contributed by atoms with van der Waals surface area (Å²) in [6.45, 7) is 1.91. The zero-order chi connectivity index (χ0) is 7.28. The highest BCUT2D eigenvalue weighted by molar-refractivity contribution is 14.1. The maximum Gasteiger partial charge on any atom is 0.306 e. The topological polar surface area (TPSA) is 37.3 Å². The molecule has 0 aliphatic heterocycles. The first-order chi connectivity index (χ1) is 4.22. The predicted molar refractivity (Wildman–Crippen MR) is 44.9 cm³/mol. The van der Waals surface area contributed by atoms with Crippen molar-refractivity contribution in [1.29, 1.82) is 0 Å². The van der Waals surface area contributed by atoms with Crippen molar-refractivity contribution in [2.75, 3.05) is 4.43 Å². The average Bonchev–Trinajstić information content (AvgIpc) is 1.82. The normalized spacial score (nSPS) is 13.1. The van der Waals surface area contributed by atoms with Crippen molar-refractivity contribution in [3.8, 4) is 0 Å². The van der Waals surface area contributed by atoms with E-state index in [2.05, 4.69) is 22.6 Å². The largest absolute Gasteiger partial charge is 0.481 e. The average molecular weight is 242 g/mol. The van der Waals surface area contributed by atoms with Crippen molar-refractivity contribution in [1.82, 2.24) is 0 Å². The Hall–Kier alpha value is 0.200. The lowest BCUT2D eigenvalue weighted by Crippen LogP contribution is -2.12. The van der Waals surface area contributed by atoms with Gasteiger partial charge in [-0.05, 0) is 12.8 Å². The number of carbonyl (C=O) groups is 1. The molecule has 0 heterocycles. The summed E-state index contributed by atoms with van der Waals surface area (Å²) in [5, 5.41) is 8.50. The fourth-order valence-corrected chi connectivity index (χ4v) is 1.39. The first kappa shape index (κ1) is 9.20. The molecule has 0 saturated heterocycles. The Kier molecular flexibility index (Phi) is 5.13. The van der Waals surface area contributed by atoms with Gasteiger partial charge in [0.05, 0.1) is 5.92 Å². The Morgan fingerprint density at radius 3 is 2.44 bits per heavy atom. The van der Waals surface area contributed by atoms with Crippen molar-refractivity contribution >= 4 is 28.6 Å². The maximum absolute atomic E-state index is 10.3. The van der Waals surface area contributed by atoms with Gasteiger partial charge in [-0.2, -0.15) is 0 Å². The molecule has 0 aromatic rings. The van der Waals surface area contributed by atoms with E-state index in [0.717, 1.165) is 17.3 Å². The van der Waals surface area contributed by atoms with E-state index in [-0.39, 0.29) is 5.92 Å². The van der Waals surface area contributed by atoms with Crippen LogP contribution in [0, 0.1) is 5.92 Å². The van der Waals surface area contributed by atoms with Crippen LogP contribution in [0.5, 0.6) is 0 Å². The minimum atomic E-state index is -0.658. The molecule has 0 fully saturated rings. The maximum atomic E-state index is 10.3. The van der Waals surface area contributed by atoms with Gasteiger partial charge in [0.1, 0.15) is 0 Å². The predicted octanol–water partition coefficient (Wildman–Crippen LogP) is 1.92. The number of halogens is 1. The van der Waals surface area contributed by atoms with Crippen LogP contribution < -0.4 is 0 Å². The SMILES string of the molecule is CCC(CCI)C(=O)O. The highest BCUT2D eigenvalue weighted by atomic mass is 127. The number of rotatable bonds is 4. The van der Waals surface area contributed by atoms with Crippen LogP contribution in [0.2, 0.25) is 0 Å². The third kappa shape index (κ3) is 3.72. The fraction of sp³-hybridized carbons (Fsp3) is 0.833. The lowest BCUT2D eigenvalue weighted by atomic mass is 10.0. The van der Waals surface area contributed by atoms with Crippen LogP contribution in [0.15, 0.2) is 0 Å². The van der Waals surface area contributed by atoms with E-state index in [0.29, 0.717) is 0 Å². The van der Waals surface area contributed by atoms with E-state index in [4.69, 9.17) is 5.11 Å². The minimum absolute atomic E-state index is 0.123. The monoisotopic (exact) mass is 242 g/mol. The van der Waals surface area contributed by atoms with E-state index >= 15 is 0 Å². The standard InChI is InChI=1S/C6H11IO2/c1-2-5(3-4-7)6(8)9/h5H,2-4H2,1H3,(H,8,9). The molecule has 0 amide bonds. The Morgan fingerprint density at radius 2 is 2.33 bits per heavy atom. The molecule has 2 nitrogen and oxygen atoms in total. The molecule has 0 aliphatic rings.